The van der Waals surface area contributed by atoms with E-state index in [0.29, 0.717) is 23.7 Å². The third-order valence-electron chi connectivity index (χ3n) is 7.34. The summed E-state index contributed by atoms with van der Waals surface area (Å²) in [6, 6.07) is 1.01. The van der Waals surface area contributed by atoms with Gasteiger partial charge in [0.2, 0.25) is 5.69 Å². The second-order valence-corrected chi connectivity index (χ2v) is 9.04. The molecule has 3 saturated carbocycles. The molecule has 0 aromatic carbocycles. The highest BCUT2D eigenvalue weighted by Crippen LogP contribution is 2.50. The van der Waals surface area contributed by atoms with E-state index in [1.54, 1.807) is 0 Å². The smallest absolute Gasteiger partial charge is 0.417 e. The summed E-state index contributed by atoms with van der Waals surface area (Å²) in [5.74, 6) is 0.728. The fourth-order valence-electron chi connectivity index (χ4n) is 5.73. The molecule has 0 spiro atoms. The van der Waals surface area contributed by atoms with Crippen molar-refractivity contribution in [2.45, 2.75) is 38.3 Å². The van der Waals surface area contributed by atoms with Crippen LogP contribution in [0.2, 0.25) is 0 Å². The number of nitrogens with zero attached hydrogens (tertiary/aromatic N) is 4. The standard InChI is InChI=1S/C24H22F3N5O2/c1-28-18-11-29-19(8-15-12-3-5-13(6-4-12)20(15)23(33)34-2)32-21(18)17-10-31-22-16(17)7-14(9-30-22)24(25,26)27/h7,9-13,15,20H,3-6,8H2,2H3,(H,30,31)/t12?,13?,15-,20-/m0/s1. The Kier molecular flexibility index (Phi) is 5.50. The number of halogens is 3. The number of methoxy groups -OCH3 is 1. The number of aromatic amines is 1. The number of hydrogen-bond donors (Lipinski definition) is 1. The second kappa shape index (κ2) is 8.38. The SMILES string of the molecule is [C-]#[N+]c1cnc(C[C@H]2C3CCC(CC3)[C@@H]2C(=O)OC)nc1-c1c[nH]c2ncc(C(F)(F)F)cc12. The molecular formula is C24H22F3N5O2. The van der Waals surface area contributed by atoms with Crippen LogP contribution in [0, 0.1) is 30.2 Å². The first-order valence-corrected chi connectivity index (χ1v) is 11.2. The lowest BCUT2D eigenvalue weighted by atomic mass is 9.57. The highest BCUT2D eigenvalue weighted by Gasteiger charge is 2.47. The van der Waals surface area contributed by atoms with E-state index >= 15 is 0 Å². The van der Waals surface area contributed by atoms with Gasteiger partial charge in [0.25, 0.3) is 0 Å². The number of rotatable bonds is 4. The van der Waals surface area contributed by atoms with Crippen molar-refractivity contribution in [2.24, 2.45) is 23.7 Å². The Balaban J connectivity index is 1.54. The fraction of sp³-hybridized carbons (Fsp3) is 0.458. The van der Waals surface area contributed by atoms with Crippen molar-refractivity contribution >= 4 is 22.7 Å². The monoisotopic (exact) mass is 469 g/mol. The zero-order valence-electron chi connectivity index (χ0n) is 18.4. The predicted molar refractivity (Wildman–Crippen MR) is 117 cm³/mol. The third-order valence-corrected chi connectivity index (χ3v) is 7.34. The fourth-order valence-corrected chi connectivity index (χ4v) is 5.73. The van der Waals surface area contributed by atoms with Crippen molar-refractivity contribution in [2.75, 3.05) is 7.11 Å². The average molecular weight is 469 g/mol. The number of pyridine rings is 1. The zero-order valence-corrected chi connectivity index (χ0v) is 18.4. The maximum absolute atomic E-state index is 13.3. The Hall–Kier alpha value is -3.48. The number of aromatic nitrogens is 4. The Morgan fingerprint density at radius 3 is 2.62 bits per heavy atom. The summed E-state index contributed by atoms with van der Waals surface area (Å²) in [6.45, 7) is 7.52. The van der Waals surface area contributed by atoms with Gasteiger partial charge in [0.15, 0.2) is 0 Å². The molecule has 3 aliphatic rings. The molecule has 3 heterocycles. The van der Waals surface area contributed by atoms with Crippen molar-refractivity contribution < 1.29 is 22.7 Å². The molecular weight excluding hydrogens is 447 g/mol. The van der Waals surface area contributed by atoms with Crippen LogP contribution in [0.3, 0.4) is 0 Å². The van der Waals surface area contributed by atoms with Crippen molar-refractivity contribution in [1.82, 2.24) is 19.9 Å². The summed E-state index contributed by atoms with van der Waals surface area (Å²) in [7, 11) is 1.40. The van der Waals surface area contributed by atoms with E-state index in [2.05, 4.69) is 24.8 Å². The molecule has 0 unspecified atom stereocenters. The molecule has 3 fully saturated rings. The summed E-state index contributed by atoms with van der Waals surface area (Å²) < 4.78 is 44.9. The first-order valence-electron chi connectivity index (χ1n) is 11.2. The van der Waals surface area contributed by atoms with Gasteiger partial charge in [-0.3, -0.25) is 9.78 Å². The molecule has 0 saturated heterocycles. The number of carbonyl (C=O) groups is 1. The molecule has 7 nitrogen and oxygen atoms in total. The normalized spacial score (nSPS) is 24.2. The Labute approximate surface area is 193 Å². The number of ether oxygens (including phenoxy) is 1. The van der Waals surface area contributed by atoms with E-state index in [4.69, 9.17) is 11.3 Å². The van der Waals surface area contributed by atoms with Crippen molar-refractivity contribution in [3.05, 3.63) is 47.5 Å². The lowest BCUT2D eigenvalue weighted by molar-refractivity contribution is -0.156. The average Bonchev–Trinajstić information content (AvgIpc) is 3.27. The number of esters is 1. The van der Waals surface area contributed by atoms with Crippen LogP contribution in [0.5, 0.6) is 0 Å². The topological polar surface area (TPSA) is 85.1 Å². The number of alkyl halides is 3. The van der Waals surface area contributed by atoms with Crippen LogP contribution in [0.25, 0.3) is 27.1 Å². The van der Waals surface area contributed by atoms with Crippen molar-refractivity contribution in [3.8, 4) is 11.3 Å². The highest BCUT2D eigenvalue weighted by atomic mass is 19.4. The molecule has 6 rings (SSSR count). The highest BCUT2D eigenvalue weighted by molar-refractivity contribution is 5.96. The largest absolute Gasteiger partial charge is 0.469 e. The molecule has 2 bridgehead atoms. The minimum Gasteiger partial charge on any atom is -0.469 e. The Bertz CT molecular complexity index is 1290. The molecule has 3 aliphatic carbocycles. The molecule has 0 radical (unpaired) electrons. The van der Waals surface area contributed by atoms with E-state index < -0.39 is 11.7 Å². The van der Waals surface area contributed by atoms with Gasteiger partial charge in [0.05, 0.1) is 30.9 Å². The van der Waals surface area contributed by atoms with Gasteiger partial charge >= 0.3 is 12.1 Å². The lowest BCUT2D eigenvalue weighted by Crippen LogP contribution is -2.45. The minimum atomic E-state index is -4.54. The number of H-pyrrole nitrogens is 1. The van der Waals surface area contributed by atoms with E-state index in [1.807, 2.05) is 0 Å². The van der Waals surface area contributed by atoms with Crippen LogP contribution in [0.15, 0.2) is 24.7 Å². The number of hydrogen-bond acceptors (Lipinski definition) is 5. The number of nitrogens with one attached hydrogen (secondary N) is 1. The maximum Gasteiger partial charge on any atom is 0.417 e. The molecule has 34 heavy (non-hydrogen) atoms. The summed E-state index contributed by atoms with van der Waals surface area (Å²) in [6.07, 6.45) is 3.69. The van der Waals surface area contributed by atoms with Gasteiger partial charge in [-0.05, 0) is 49.5 Å². The lowest BCUT2D eigenvalue weighted by Gasteiger charge is -2.47. The van der Waals surface area contributed by atoms with Gasteiger partial charge < -0.3 is 9.72 Å². The summed E-state index contributed by atoms with van der Waals surface area (Å²) in [5.41, 5.74) is 0.144. The molecule has 2 atom stereocenters. The third kappa shape index (κ3) is 3.79. The maximum atomic E-state index is 13.3. The Morgan fingerprint density at radius 2 is 1.94 bits per heavy atom. The van der Waals surface area contributed by atoms with Crippen LogP contribution < -0.4 is 0 Å². The van der Waals surface area contributed by atoms with E-state index in [9.17, 15) is 18.0 Å². The van der Waals surface area contributed by atoms with Crippen LogP contribution >= 0.6 is 0 Å². The first-order chi connectivity index (χ1) is 16.3. The van der Waals surface area contributed by atoms with Crippen molar-refractivity contribution in [1.29, 1.82) is 0 Å². The summed E-state index contributed by atoms with van der Waals surface area (Å²) in [4.78, 5) is 31.8. The van der Waals surface area contributed by atoms with Gasteiger partial charge in [-0.1, -0.05) is 0 Å². The first kappa shape index (κ1) is 22.3. The summed E-state index contributed by atoms with van der Waals surface area (Å²) in [5, 5.41) is 0.230. The van der Waals surface area contributed by atoms with Crippen LogP contribution in [-0.4, -0.2) is 33.0 Å². The van der Waals surface area contributed by atoms with E-state index in [1.165, 1.54) is 19.5 Å². The van der Waals surface area contributed by atoms with Crippen LogP contribution in [-0.2, 0) is 22.1 Å². The molecule has 1 N–H and O–H groups in total. The Morgan fingerprint density at radius 1 is 1.21 bits per heavy atom. The molecule has 3 aromatic rings. The molecule has 176 valence electrons. The number of fused-ring (bicyclic) bond motifs is 4. The van der Waals surface area contributed by atoms with Crippen LogP contribution in [0.4, 0.5) is 18.9 Å². The molecule has 10 heteroatoms. The predicted octanol–water partition coefficient (Wildman–Crippen LogP) is 5.36. The van der Waals surface area contributed by atoms with Gasteiger partial charge in [0.1, 0.15) is 11.5 Å². The zero-order chi connectivity index (χ0) is 24.0. The molecule has 3 aromatic heterocycles. The van der Waals surface area contributed by atoms with Crippen LogP contribution in [0.1, 0.15) is 37.1 Å². The number of carbonyl (C=O) groups excluding carboxylic acids is 1. The van der Waals surface area contributed by atoms with Gasteiger partial charge in [0, 0.05) is 36.0 Å². The summed E-state index contributed by atoms with van der Waals surface area (Å²) >= 11 is 0. The second-order valence-electron chi connectivity index (χ2n) is 9.04. The van der Waals surface area contributed by atoms with Gasteiger partial charge in [-0.2, -0.15) is 13.2 Å². The van der Waals surface area contributed by atoms with E-state index in [0.717, 1.165) is 37.9 Å². The van der Waals surface area contributed by atoms with Gasteiger partial charge in [-0.15, -0.1) is 0 Å². The minimum absolute atomic E-state index is 0.0352. The van der Waals surface area contributed by atoms with E-state index in [-0.39, 0.29) is 46.1 Å². The molecule has 0 aliphatic heterocycles. The quantitative estimate of drug-likeness (QED) is 0.411. The van der Waals surface area contributed by atoms with Crippen molar-refractivity contribution in [3.63, 3.8) is 0 Å². The van der Waals surface area contributed by atoms with Gasteiger partial charge in [-0.25, -0.2) is 14.8 Å². The molecule has 0 amide bonds.